The Morgan fingerprint density at radius 2 is 2.03 bits per heavy atom. The van der Waals surface area contributed by atoms with Gasteiger partial charge >= 0.3 is 0 Å². The standard InChI is InChI=1S/C22H21FN4O2/c23-16-4-5-18-15(11-16)12-19(25-18)20(28)27-10-7-22(14-27)6-9-26(21(22)29)13-17-3-1-2-8-24-17/h1-5,8,11-12,25H,6-7,9-10,13-14H2. The number of hydrogen-bond acceptors (Lipinski definition) is 3. The number of halogens is 1. The highest BCUT2D eigenvalue weighted by molar-refractivity contribution is 5.99. The first kappa shape index (κ1) is 17.8. The summed E-state index contributed by atoms with van der Waals surface area (Å²) in [5.41, 5.74) is 1.53. The first-order valence-electron chi connectivity index (χ1n) is 9.81. The summed E-state index contributed by atoms with van der Waals surface area (Å²) in [5, 5.41) is 0.667. The Kier molecular flexibility index (Phi) is 4.12. The van der Waals surface area contributed by atoms with Gasteiger partial charge in [-0.05, 0) is 49.2 Å². The van der Waals surface area contributed by atoms with Gasteiger partial charge in [0.05, 0.1) is 17.7 Å². The molecular formula is C22H21FN4O2. The van der Waals surface area contributed by atoms with Crippen molar-refractivity contribution < 1.29 is 14.0 Å². The number of likely N-dealkylation sites (tertiary alicyclic amines) is 2. The van der Waals surface area contributed by atoms with Gasteiger partial charge < -0.3 is 14.8 Å². The second-order valence-corrected chi connectivity index (χ2v) is 7.97. The van der Waals surface area contributed by atoms with Crippen LogP contribution in [0.4, 0.5) is 4.39 Å². The predicted molar refractivity (Wildman–Crippen MR) is 105 cm³/mol. The van der Waals surface area contributed by atoms with Crippen molar-refractivity contribution in [3.05, 3.63) is 65.9 Å². The second kappa shape index (κ2) is 6.69. The number of carbonyl (C=O) groups excluding carboxylic acids is 2. The largest absolute Gasteiger partial charge is 0.351 e. The van der Waals surface area contributed by atoms with Gasteiger partial charge in [-0.2, -0.15) is 0 Å². The van der Waals surface area contributed by atoms with Crippen molar-refractivity contribution in [1.29, 1.82) is 0 Å². The number of carbonyl (C=O) groups is 2. The molecule has 2 aliphatic rings. The molecule has 3 aromatic rings. The minimum Gasteiger partial charge on any atom is -0.351 e. The Labute approximate surface area is 167 Å². The number of nitrogens with zero attached hydrogens (tertiary/aromatic N) is 3. The van der Waals surface area contributed by atoms with E-state index in [0.717, 1.165) is 17.6 Å². The van der Waals surface area contributed by atoms with Crippen LogP contribution in [0.3, 0.4) is 0 Å². The highest BCUT2D eigenvalue weighted by Gasteiger charge is 2.51. The van der Waals surface area contributed by atoms with Crippen molar-refractivity contribution in [2.24, 2.45) is 5.41 Å². The van der Waals surface area contributed by atoms with E-state index in [1.54, 1.807) is 23.2 Å². The molecule has 0 aliphatic carbocycles. The van der Waals surface area contributed by atoms with E-state index in [4.69, 9.17) is 0 Å². The van der Waals surface area contributed by atoms with Gasteiger partial charge in [0.1, 0.15) is 11.5 Å². The second-order valence-electron chi connectivity index (χ2n) is 7.97. The quantitative estimate of drug-likeness (QED) is 0.745. The molecule has 2 aromatic heterocycles. The van der Waals surface area contributed by atoms with E-state index in [2.05, 4.69) is 9.97 Å². The van der Waals surface area contributed by atoms with Crippen molar-refractivity contribution in [1.82, 2.24) is 19.8 Å². The Bertz CT molecular complexity index is 1100. The lowest BCUT2D eigenvalue weighted by Gasteiger charge is -2.23. The Hall–Kier alpha value is -3.22. The minimum atomic E-state index is -0.497. The van der Waals surface area contributed by atoms with E-state index in [1.807, 2.05) is 23.1 Å². The molecule has 5 rings (SSSR count). The molecule has 0 bridgehead atoms. The van der Waals surface area contributed by atoms with Gasteiger partial charge in [0.2, 0.25) is 5.91 Å². The number of fused-ring (bicyclic) bond motifs is 1. The number of benzene rings is 1. The lowest BCUT2D eigenvalue weighted by atomic mass is 9.85. The SMILES string of the molecule is O=C(c1cc2cc(F)ccc2[nH]1)N1CCC2(CCN(Cc3ccccn3)C2=O)C1. The number of amides is 2. The number of aromatic amines is 1. The van der Waals surface area contributed by atoms with Crippen LogP contribution in [0.25, 0.3) is 10.9 Å². The summed E-state index contributed by atoms with van der Waals surface area (Å²) in [5.74, 6) is -0.369. The number of H-pyrrole nitrogens is 1. The molecule has 148 valence electrons. The van der Waals surface area contributed by atoms with Crippen LogP contribution in [0.5, 0.6) is 0 Å². The number of aromatic nitrogens is 2. The number of nitrogens with one attached hydrogen (secondary N) is 1. The highest BCUT2D eigenvalue weighted by Crippen LogP contribution is 2.41. The van der Waals surface area contributed by atoms with Crippen molar-refractivity contribution in [3.63, 3.8) is 0 Å². The Morgan fingerprint density at radius 1 is 1.17 bits per heavy atom. The molecule has 1 atom stereocenters. The van der Waals surface area contributed by atoms with Crippen LogP contribution >= 0.6 is 0 Å². The summed E-state index contributed by atoms with van der Waals surface area (Å²) in [6, 6.07) is 11.8. The van der Waals surface area contributed by atoms with Gasteiger partial charge in [0.25, 0.3) is 5.91 Å². The molecule has 2 fully saturated rings. The molecule has 2 saturated heterocycles. The van der Waals surface area contributed by atoms with Gasteiger partial charge in [0.15, 0.2) is 0 Å². The molecule has 0 saturated carbocycles. The fraction of sp³-hybridized carbons (Fsp3) is 0.318. The van der Waals surface area contributed by atoms with Crippen LogP contribution in [-0.4, -0.2) is 51.2 Å². The smallest absolute Gasteiger partial charge is 0.270 e. The first-order chi connectivity index (χ1) is 14.0. The van der Waals surface area contributed by atoms with E-state index >= 15 is 0 Å². The van der Waals surface area contributed by atoms with E-state index in [-0.39, 0.29) is 17.6 Å². The van der Waals surface area contributed by atoms with Gasteiger partial charge in [-0.3, -0.25) is 14.6 Å². The maximum atomic E-state index is 13.4. The maximum Gasteiger partial charge on any atom is 0.270 e. The third-order valence-corrected chi connectivity index (χ3v) is 6.13. The zero-order valence-corrected chi connectivity index (χ0v) is 15.9. The van der Waals surface area contributed by atoms with Crippen molar-refractivity contribution in [2.75, 3.05) is 19.6 Å². The molecule has 4 heterocycles. The maximum absolute atomic E-state index is 13.4. The summed E-state index contributed by atoms with van der Waals surface area (Å²) < 4.78 is 13.4. The van der Waals surface area contributed by atoms with Crippen LogP contribution in [-0.2, 0) is 11.3 Å². The predicted octanol–water partition coefficient (Wildman–Crippen LogP) is 2.97. The fourth-order valence-electron chi connectivity index (χ4n) is 4.54. The monoisotopic (exact) mass is 392 g/mol. The molecule has 6 nitrogen and oxygen atoms in total. The molecule has 2 aliphatic heterocycles. The zero-order chi connectivity index (χ0) is 20.0. The van der Waals surface area contributed by atoms with Gasteiger partial charge in [0, 0.05) is 36.7 Å². The van der Waals surface area contributed by atoms with Gasteiger partial charge in [-0.15, -0.1) is 0 Å². The van der Waals surface area contributed by atoms with Crippen LogP contribution in [0.1, 0.15) is 29.0 Å². The van der Waals surface area contributed by atoms with Gasteiger partial charge in [-0.1, -0.05) is 6.07 Å². The molecule has 29 heavy (non-hydrogen) atoms. The Balaban J connectivity index is 1.31. The Morgan fingerprint density at radius 3 is 2.86 bits per heavy atom. The highest BCUT2D eigenvalue weighted by atomic mass is 19.1. The average molecular weight is 392 g/mol. The summed E-state index contributed by atoms with van der Waals surface area (Å²) in [6.07, 6.45) is 3.15. The minimum absolute atomic E-state index is 0.108. The van der Waals surface area contributed by atoms with Crippen molar-refractivity contribution in [2.45, 2.75) is 19.4 Å². The fourth-order valence-corrected chi connectivity index (χ4v) is 4.54. The third kappa shape index (κ3) is 3.06. The average Bonchev–Trinajstić information content (AvgIpc) is 3.42. The number of hydrogen-bond donors (Lipinski definition) is 1. The lowest BCUT2D eigenvalue weighted by molar-refractivity contribution is -0.135. The normalized spacial score (nSPS) is 21.6. The first-order valence-corrected chi connectivity index (χ1v) is 9.81. The molecule has 1 spiro atoms. The van der Waals surface area contributed by atoms with Crippen LogP contribution in [0.2, 0.25) is 0 Å². The molecule has 7 heteroatoms. The van der Waals surface area contributed by atoms with Crippen molar-refractivity contribution >= 4 is 22.7 Å². The lowest BCUT2D eigenvalue weighted by Crippen LogP contribution is -2.38. The molecule has 1 N–H and O–H groups in total. The molecular weight excluding hydrogens is 371 g/mol. The molecule has 0 radical (unpaired) electrons. The van der Waals surface area contributed by atoms with Crippen molar-refractivity contribution in [3.8, 4) is 0 Å². The van der Waals surface area contributed by atoms with E-state index in [0.29, 0.717) is 43.7 Å². The van der Waals surface area contributed by atoms with Crippen LogP contribution in [0, 0.1) is 11.2 Å². The van der Waals surface area contributed by atoms with Crippen LogP contribution in [0.15, 0.2) is 48.7 Å². The molecule has 1 unspecified atom stereocenters. The third-order valence-electron chi connectivity index (χ3n) is 6.13. The molecule has 1 aromatic carbocycles. The summed E-state index contributed by atoms with van der Waals surface area (Å²) in [4.78, 5) is 37.1. The number of rotatable bonds is 3. The summed E-state index contributed by atoms with van der Waals surface area (Å²) in [6.45, 7) is 2.16. The zero-order valence-electron chi connectivity index (χ0n) is 15.9. The van der Waals surface area contributed by atoms with E-state index in [1.165, 1.54) is 12.1 Å². The summed E-state index contributed by atoms with van der Waals surface area (Å²) in [7, 11) is 0. The van der Waals surface area contributed by atoms with Gasteiger partial charge in [-0.25, -0.2) is 4.39 Å². The molecule has 2 amide bonds. The van der Waals surface area contributed by atoms with Crippen LogP contribution < -0.4 is 0 Å². The summed E-state index contributed by atoms with van der Waals surface area (Å²) >= 11 is 0. The topological polar surface area (TPSA) is 69.3 Å². The van der Waals surface area contributed by atoms with E-state index in [9.17, 15) is 14.0 Å². The number of pyridine rings is 1. The van der Waals surface area contributed by atoms with E-state index < -0.39 is 5.41 Å².